The Balaban J connectivity index is 1.76. The number of aromatic nitrogens is 1. The summed E-state index contributed by atoms with van der Waals surface area (Å²) in [7, 11) is 1.61. The highest BCUT2D eigenvalue weighted by Crippen LogP contribution is 2.35. The number of fused-ring (bicyclic) bond motifs is 1. The van der Waals surface area contributed by atoms with Gasteiger partial charge in [-0.05, 0) is 35.9 Å². The fourth-order valence-corrected chi connectivity index (χ4v) is 3.84. The van der Waals surface area contributed by atoms with Crippen molar-refractivity contribution in [3.63, 3.8) is 0 Å². The molecule has 1 amide bonds. The molecule has 0 aliphatic rings. The highest BCUT2D eigenvalue weighted by atomic mass is 32.1. The average molecular weight is 386 g/mol. The summed E-state index contributed by atoms with van der Waals surface area (Å²) in [6.07, 6.45) is 3.38. The molecule has 28 heavy (non-hydrogen) atoms. The Morgan fingerprint density at radius 2 is 1.79 bits per heavy atom. The van der Waals surface area contributed by atoms with E-state index in [0.29, 0.717) is 16.6 Å². The van der Waals surface area contributed by atoms with Crippen LogP contribution in [0.1, 0.15) is 5.56 Å². The summed E-state index contributed by atoms with van der Waals surface area (Å²) in [5, 5.41) is 0.622. The van der Waals surface area contributed by atoms with E-state index in [-0.39, 0.29) is 5.91 Å². The van der Waals surface area contributed by atoms with E-state index < -0.39 is 0 Å². The van der Waals surface area contributed by atoms with E-state index in [1.807, 2.05) is 84.9 Å². The number of benzene rings is 3. The van der Waals surface area contributed by atoms with Crippen molar-refractivity contribution >= 4 is 44.4 Å². The zero-order chi connectivity index (χ0) is 19.3. The number of amides is 1. The van der Waals surface area contributed by atoms with Crippen LogP contribution in [0.15, 0.2) is 84.9 Å². The van der Waals surface area contributed by atoms with Crippen LogP contribution in [0, 0.1) is 0 Å². The number of ether oxygens (including phenoxy) is 1. The first-order valence-corrected chi connectivity index (χ1v) is 9.63. The van der Waals surface area contributed by atoms with E-state index in [2.05, 4.69) is 4.98 Å². The first-order chi connectivity index (χ1) is 13.7. The Kier molecular flexibility index (Phi) is 5.17. The van der Waals surface area contributed by atoms with Gasteiger partial charge < -0.3 is 4.74 Å². The highest BCUT2D eigenvalue weighted by Gasteiger charge is 2.20. The van der Waals surface area contributed by atoms with E-state index in [0.717, 1.165) is 15.8 Å². The number of thiazole rings is 1. The number of carbonyl (C=O) groups is 1. The predicted molar refractivity (Wildman–Crippen MR) is 115 cm³/mol. The van der Waals surface area contributed by atoms with Crippen LogP contribution in [0.3, 0.4) is 0 Å². The Labute approximate surface area is 167 Å². The van der Waals surface area contributed by atoms with Crippen LogP contribution < -0.4 is 9.64 Å². The van der Waals surface area contributed by atoms with Gasteiger partial charge in [-0.25, -0.2) is 4.98 Å². The van der Waals surface area contributed by atoms with E-state index >= 15 is 0 Å². The minimum atomic E-state index is -0.170. The molecule has 3 aromatic carbocycles. The van der Waals surface area contributed by atoms with Gasteiger partial charge in [0.05, 0.1) is 23.0 Å². The Hall–Kier alpha value is -3.44. The summed E-state index contributed by atoms with van der Waals surface area (Å²) >= 11 is 1.48. The smallest absolute Gasteiger partial charge is 0.257 e. The molecule has 0 saturated carbocycles. The van der Waals surface area contributed by atoms with Crippen molar-refractivity contribution in [1.82, 2.24) is 4.98 Å². The summed E-state index contributed by atoms with van der Waals surface area (Å²) in [5.74, 6) is 0.514. The maximum Gasteiger partial charge on any atom is 0.257 e. The first kappa shape index (κ1) is 17.9. The lowest BCUT2D eigenvalue weighted by Crippen LogP contribution is -2.23. The normalized spacial score (nSPS) is 11.0. The monoisotopic (exact) mass is 386 g/mol. The van der Waals surface area contributed by atoms with Crippen LogP contribution in [0.5, 0.6) is 5.75 Å². The molecule has 0 saturated heterocycles. The molecular weight excluding hydrogens is 368 g/mol. The number of para-hydroxylation sites is 1. The predicted octanol–water partition coefficient (Wildman–Crippen LogP) is 5.68. The average Bonchev–Trinajstić information content (AvgIpc) is 3.17. The second kappa shape index (κ2) is 8.06. The second-order valence-corrected chi connectivity index (χ2v) is 7.09. The van der Waals surface area contributed by atoms with Gasteiger partial charge in [-0.3, -0.25) is 9.69 Å². The lowest BCUT2D eigenvalue weighted by molar-refractivity contribution is -0.113. The van der Waals surface area contributed by atoms with Crippen molar-refractivity contribution in [2.24, 2.45) is 0 Å². The molecular formula is C23H18N2O2S. The summed E-state index contributed by atoms with van der Waals surface area (Å²) in [6.45, 7) is 0. The molecule has 0 radical (unpaired) electrons. The van der Waals surface area contributed by atoms with Crippen LogP contribution in [-0.4, -0.2) is 18.0 Å². The third-order valence-electron chi connectivity index (χ3n) is 4.22. The lowest BCUT2D eigenvalue weighted by Gasteiger charge is -2.19. The topological polar surface area (TPSA) is 42.4 Å². The minimum absolute atomic E-state index is 0.170. The summed E-state index contributed by atoms with van der Waals surface area (Å²) < 4.78 is 6.37. The van der Waals surface area contributed by atoms with E-state index in [1.165, 1.54) is 11.3 Å². The van der Waals surface area contributed by atoms with Gasteiger partial charge in [0.15, 0.2) is 5.13 Å². The molecule has 138 valence electrons. The molecule has 0 fully saturated rings. The van der Waals surface area contributed by atoms with Crippen LogP contribution in [0.25, 0.3) is 16.3 Å². The van der Waals surface area contributed by atoms with Crippen LogP contribution in [-0.2, 0) is 4.79 Å². The molecule has 0 bridgehead atoms. The second-order valence-electron chi connectivity index (χ2n) is 6.08. The van der Waals surface area contributed by atoms with Gasteiger partial charge in [0.2, 0.25) is 0 Å². The fraction of sp³-hybridized carbons (Fsp3) is 0.0435. The summed E-state index contributed by atoms with van der Waals surface area (Å²) in [5.41, 5.74) is 2.54. The molecule has 5 heteroatoms. The Morgan fingerprint density at radius 3 is 2.57 bits per heavy atom. The maximum absolute atomic E-state index is 13.2. The van der Waals surface area contributed by atoms with E-state index in [9.17, 15) is 4.79 Å². The van der Waals surface area contributed by atoms with Gasteiger partial charge in [0.25, 0.3) is 5.91 Å². The third kappa shape index (κ3) is 3.80. The first-order valence-electron chi connectivity index (χ1n) is 8.81. The van der Waals surface area contributed by atoms with Gasteiger partial charge in [-0.15, -0.1) is 0 Å². The van der Waals surface area contributed by atoms with Crippen molar-refractivity contribution < 1.29 is 9.53 Å². The number of carbonyl (C=O) groups excluding carboxylic acids is 1. The number of hydrogen-bond acceptors (Lipinski definition) is 4. The molecule has 0 unspecified atom stereocenters. The van der Waals surface area contributed by atoms with Crippen molar-refractivity contribution in [1.29, 1.82) is 0 Å². The Bertz CT molecular complexity index is 1100. The van der Waals surface area contributed by atoms with E-state index in [1.54, 1.807) is 18.1 Å². The van der Waals surface area contributed by atoms with Gasteiger partial charge in [-0.2, -0.15) is 0 Å². The number of anilines is 2. The summed E-state index contributed by atoms with van der Waals surface area (Å²) in [4.78, 5) is 19.4. The van der Waals surface area contributed by atoms with E-state index in [4.69, 9.17) is 4.74 Å². The zero-order valence-corrected chi connectivity index (χ0v) is 16.1. The largest absolute Gasteiger partial charge is 0.497 e. The molecule has 0 aliphatic carbocycles. The van der Waals surface area contributed by atoms with Gasteiger partial charge in [0, 0.05) is 12.1 Å². The molecule has 4 nitrogen and oxygen atoms in total. The standard InChI is InChI=1S/C23H18N2O2S/c1-27-19-11-7-10-18(16-19)25(22(26)15-14-17-8-3-2-4-9-17)23-24-20-12-5-6-13-21(20)28-23/h2-16H,1H3/b15-14+. The highest BCUT2D eigenvalue weighted by molar-refractivity contribution is 7.22. The molecule has 0 N–H and O–H groups in total. The molecule has 0 spiro atoms. The fourth-order valence-electron chi connectivity index (χ4n) is 2.84. The lowest BCUT2D eigenvalue weighted by atomic mass is 10.2. The molecule has 4 aromatic rings. The van der Waals surface area contributed by atoms with Crippen molar-refractivity contribution in [2.45, 2.75) is 0 Å². The van der Waals surface area contributed by atoms with Crippen molar-refractivity contribution in [3.05, 3.63) is 90.5 Å². The molecule has 0 atom stereocenters. The molecule has 1 aromatic heterocycles. The van der Waals surface area contributed by atoms with Crippen LogP contribution >= 0.6 is 11.3 Å². The van der Waals surface area contributed by atoms with Gasteiger partial charge in [0.1, 0.15) is 5.75 Å². The quantitative estimate of drug-likeness (QED) is 0.414. The van der Waals surface area contributed by atoms with Gasteiger partial charge in [-0.1, -0.05) is 59.9 Å². The number of methoxy groups -OCH3 is 1. The number of hydrogen-bond donors (Lipinski definition) is 0. The number of rotatable bonds is 5. The molecule has 1 heterocycles. The molecule has 0 aliphatic heterocycles. The Morgan fingerprint density at radius 1 is 1.00 bits per heavy atom. The summed E-state index contributed by atoms with van der Waals surface area (Å²) in [6, 6.07) is 25.0. The van der Waals surface area contributed by atoms with Crippen molar-refractivity contribution in [2.75, 3.05) is 12.0 Å². The van der Waals surface area contributed by atoms with Crippen LogP contribution in [0.2, 0.25) is 0 Å². The van der Waals surface area contributed by atoms with Gasteiger partial charge >= 0.3 is 0 Å². The van der Waals surface area contributed by atoms with Crippen molar-refractivity contribution in [3.8, 4) is 5.75 Å². The maximum atomic E-state index is 13.2. The SMILES string of the molecule is COc1cccc(N(C(=O)/C=C/c2ccccc2)c2nc3ccccc3s2)c1. The zero-order valence-electron chi connectivity index (χ0n) is 15.3. The third-order valence-corrected chi connectivity index (χ3v) is 5.25. The minimum Gasteiger partial charge on any atom is -0.497 e. The van der Waals surface area contributed by atoms with Crippen LogP contribution in [0.4, 0.5) is 10.8 Å². The number of nitrogens with zero attached hydrogens (tertiary/aromatic N) is 2. The molecule has 4 rings (SSSR count).